The van der Waals surface area contributed by atoms with Crippen molar-refractivity contribution in [1.29, 1.82) is 0 Å². The van der Waals surface area contributed by atoms with E-state index >= 15 is 0 Å². The van der Waals surface area contributed by atoms with Crippen LogP contribution in [0.4, 0.5) is 13.2 Å². The number of aliphatic hydroxyl groups is 1. The Labute approximate surface area is 223 Å². The number of aliphatic hydroxyl groups excluding tert-OH is 1. The fraction of sp³-hybridized carbons (Fsp3) is 0.292. The molecule has 1 fully saturated rings. The molecule has 1 amide bonds. The summed E-state index contributed by atoms with van der Waals surface area (Å²) in [6.07, 6.45) is -2.87. The van der Waals surface area contributed by atoms with E-state index in [1.807, 2.05) is 4.90 Å². The van der Waals surface area contributed by atoms with E-state index in [4.69, 9.17) is 23.2 Å². The lowest BCUT2D eigenvalue weighted by Crippen LogP contribution is -2.53. The molecule has 3 aromatic rings. The average Bonchev–Trinajstić information content (AvgIpc) is 3.38. The molecule has 2 aromatic carbocycles. The van der Waals surface area contributed by atoms with Crippen LogP contribution in [0.25, 0.3) is 17.0 Å². The Kier molecular flexibility index (Phi) is 7.25. The summed E-state index contributed by atoms with van der Waals surface area (Å²) in [6, 6.07) is 8.73. The smallest absolute Gasteiger partial charge is 0.395 e. The number of hydrogen-bond acceptors (Lipinski definition) is 6. The molecular weight excluding hydrogens is 550 g/mol. The number of carbonyl (C=O) groups excluding carboxylic acids is 1. The first kappa shape index (κ1) is 26.1. The van der Waals surface area contributed by atoms with Gasteiger partial charge in [0.2, 0.25) is 0 Å². The number of nitrogens with zero attached hydrogens (tertiary/aromatic N) is 4. The zero-order valence-electron chi connectivity index (χ0n) is 19.1. The standard InChI is InChI=1S/C24H20Cl2F3N5O2S/c25-15-3-2-14(18(9-15)24(27,28)29)10-34-19-4-1-13(7-17(19)21(26)32-34)8-20-22(36)31-23(37-20)33-6-5-30-16(11-33)12-35/h1-4,7-9,16,30,35H,5-6,10-12H2/t16-/m1/s1. The fourth-order valence-corrected chi connectivity index (χ4v) is 5.65. The van der Waals surface area contributed by atoms with Crippen LogP contribution < -0.4 is 5.32 Å². The van der Waals surface area contributed by atoms with Gasteiger partial charge in [0.05, 0.1) is 29.1 Å². The molecule has 1 atom stereocenters. The van der Waals surface area contributed by atoms with E-state index < -0.39 is 11.7 Å². The highest BCUT2D eigenvalue weighted by atomic mass is 35.5. The zero-order valence-corrected chi connectivity index (χ0v) is 21.4. The van der Waals surface area contributed by atoms with Gasteiger partial charge in [0.1, 0.15) is 0 Å². The van der Waals surface area contributed by atoms with E-state index in [1.54, 1.807) is 24.3 Å². The van der Waals surface area contributed by atoms with E-state index in [0.29, 0.717) is 46.2 Å². The first-order chi connectivity index (χ1) is 17.6. The van der Waals surface area contributed by atoms with Crippen molar-refractivity contribution in [2.45, 2.75) is 18.8 Å². The Bertz CT molecular complexity index is 1440. The normalized spacial score (nSPS) is 19.8. The van der Waals surface area contributed by atoms with Crippen LogP contribution in [0.15, 0.2) is 46.3 Å². The monoisotopic (exact) mass is 569 g/mol. The third kappa shape index (κ3) is 5.51. The van der Waals surface area contributed by atoms with Crippen molar-refractivity contribution in [2.24, 2.45) is 4.99 Å². The van der Waals surface area contributed by atoms with Crippen molar-refractivity contribution in [3.05, 3.63) is 68.2 Å². The van der Waals surface area contributed by atoms with Gasteiger partial charge >= 0.3 is 6.18 Å². The molecule has 0 spiro atoms. The molecule has 1 saturated heterocycles. The van der Waals surface area contributed by atoms with E-state index in [2.05, 4.69) is 15.4 Å². The van der Waals surface area contributed by atoms with Crippen LogP contribution in [-0.2, 0) is 17.5 Å². The third-order valence-electron chi connectivity index (χ3n) is 6.08. The molecule has 5 rings (SSSR count). The molecular formula is C24H20Cl2F3N5O2S. The fourth-order valence-electron chi connectivity index (χ4n) is 4.29. The first-order valence-corrected chi connectivity index (χ1v) is 12.8. The predicted octanol–water partition coefficient (Wildman–Crippen LogP) is 4.65. The van der Waals surface area contributed by atoms with Crippen molar-refractivity contribution in [2.75, 3.05) is 26.2 Å². The molecule has 3 heterocycles. The van der Waals surface area contributed by atoms with Crippen LogP contribution in [0.5, 0.6) is 0 Å². The predicted molar refractivity (Wildman–Crippen MR) is 139 cm³/mol. The Morgan fingerprint density at radius 3 is 2.78 bits per heavy atom. The van der Waals surface area contributed by atoms with Crippen LogP contribution in [0.2, 0.25) is 10.2 Å². The number of nitrogens with one attached hydrogen (secondary N) is 1. The summed E-state index contributed by atoms with van der Waals surface area (Å²) in [5, 5.41) is 18.1. The highest BCUT2D eigenvalue weighted by molar-refractivity contribution is 8.18. The molecule has 0 radical (unpaired) electrons. The summed E-state index contributed by atoms with van der Waals surface area (Å²) >= 11 is 13.4. The Morgan fingerprint density at radius 1 is 1.22 bits per heavy atom. The van der Waals surface area contributed by atoms with Crippen molar-refractivity contribution in [1.82, 2.24) is 20.0 Å². The summed E-state index contributed by atoms with van der Waals surface area (Å²) in [7, 11) is 0. The van der Waals surface area contributed by atoms with Crippen molar-refractivity contribution >= 4 is 63.0 Å². The molecule has 1 aromatic heterocycles. The molecule has 13 heteroatoms. The van der Waals surface area contributed by atoms with Gasteiger partial charge in [-0.05, 0) is 53.2 Å². The number of aromatic nitrogens is 2. The van der Waals surface area contributed by atoms with Crippen LogP contribution in [0.1, 0.15) is 16.7 Å². The number of benzene rings is 2. The summed E-state index contributed by atoms with van der Waals surface area (Å²) in [6.45, 7) is 1.74. The summed E-state index contributed by atoms with van der Waals surface area (Å²) in [4.78, 5) is 19.1. The Hall–Kier alpha value is -2.57. The van der Waals surface area contributed by atoms with Gasteiger partial charge < -0.3 is 15.3 Å². The largest absolute Gasteiger partial charge is 0.416 e. The third-order valence-corrected chi connectivity index (χ3v) is 7.64. The molecule has 2 aliphatic rings. The number of alkyl halides is 3. The van der Waals surface area contributed by atoms with Crippen molar-refractivity contribution < 1.29 is 23.1 Å². The molecule has 0 aliphatic carbocycles. The number of piperazine rings is 1. The molecule has 0 bridgehead atoms. The number of thioether (sulfide) groups is 1. The van der Waals surface area contributed by atoms with Gasteiger partial charge in [0.25, 0.3) is 5.91 Å². The molecule has 2 N–H and O–H groups in total. The number of amidine groups is 1. The SMILES string of the molecule is O=C1N=C(N2CCN[C@@H](CO)C2)SC1=Cc1ccc2c(c1)c(Cl)nn2Cc1ccc(Cl)cc1C(F)(F)F. The quantitative estimate of drug-likeness (QED) is 0.445. The van der Waals surface area contributed by atoms with Gasteiger partial charge in [-0.15, -0.1) is 0 Å². The second-order valence-corrected chi connectivity index (χ2v) is 10.4. The Morgan fingerprint density at radius 2 is 2.03 bits per heavy atom. The summed E-state index contributed by atoms with van der Waals surface area (Å²) in [5.74, 6) is -0.358. The zero-order chi connectivity index (χ0) is 26.3. The lowest BCUT2D eigenvalue weighted by atomic mass is 10.1. The Balaban J connectivity index is 1.39. The van der Waals surface area contributed by atoms with Gasteiger partial charge in [0.15, 0.2) is 10.3 Å². The first-order valence-electron chi connectivity index (χ1n) is 11.3. The van der Waals surface area contributed by atoms with E-state index in [-0.39, 0.29) is 40.8 Å². The van der Waals surface area contributed by atoms with E-state index in [1.165, 1.54) is 28.6 Å². The second kappa shape index (κ2) is 10.3. The van der Waals surface area contributed by atoms with Crippen LogP contribution in [0, 0.1) is 0 Å². The van der Waals surface area contributed by atoms with Gasteiger partial charge in [0, 0.05) is 36.1 Å². The maximum Gasteiger partial charge on any atom is 0.416 e. The summed E-state index contributed by atoms with van der Waals surface area (Å²) < 4.78 is 42.0. The second-order valence-electron chi connectivity index (χ2n) is 8.61. The maximum atomic E-state index is 13.5. The minimum Gasteiger partial charge on any atom is -0.395 e. The highest BCUT2D eigenvalue weighted by Crippen LogP contribution is 2.36. The number of fused-ring (bicyclic) bond motifs is 1. The summed E-state index contributed by atoms with van der Waals surface area (Å²) in [5.41, 5.74) is 0.410. The molecule has 194 valence electrons. The number of hydrogen-bond donors (Lipinski definition) is 2. The van der Waals surface area contributed by atoms with Gasteiger partial charge in [-0.3, -0.25) is 9.48 Å². The van der Waals surface area contributed by atoms with E-state index in [0.717, 1.165) is 6.07 Å². The topological polar surface area (TPSA) is 82.8 Å². The molecule has 37 heavy (non-hydrogen) atoms. The minimum absolute atomic E-state index is 0.00488. The lowest BCUT2D eigenvalue weighted by molar-refractivity contribution is -0.138. The van der Waals surface area contributed by atoms with Gasteiger partial charge in [-0.1, -0.05) is 35.3 Å². The lowest BCUT2D eigenvalue weighted by Gasteiger charge is -2.33. The molecule has 0 unspecified atom stereocenters. The van der Waals surface area contributed by atoms with Gasteiger partial charge in [-0.25, -0.2) is 0 Å². The molecule has 0 saturated carbocycles. The van der Waals surface area contributed by atoms with E-state index in [9.17, 15) is 23.1 Å². The molecule has 7 nitrogen and oxygen atoms in total. The average molecular weight is 570 g/mol. The molecule has 2 aliphatic heterocycles. The van der Waals surface area contributed by atoms with Crippen LogP contribution in [-0.4, -0.2) is 63.1 Å². The van der Waals surface area contributed by atoms with Crippen molar-refractivity contribution in [3.63, 3.8) is 0 Å². The number of rotatable bonds is 4. The number of carbonyl (C=O) groups is 1. The van der Waals surface area contributed by atoms with Crippen molar-refractivity contribution in [3.8, 4) is 0 Å². The van der Waals surface area contributed by atoms with Crippen LogP contribution in [0.3, 0.4) is 0 Å². The number of aliphatic imine (C=N–C) groups is 1. The van der Waals surface area contributed by atoms with Crippen LogP contribution >= 0.6 is 35.0 Å². The maximum absolute atomic E-state index is 13.5. The minimum atomic E-state index is -4.57. The highest BCUT2D eigenvalue weighted by Gasteiger charge is 2.34. The van der Waals surface area contributed by atoms with Gasteiger partial charge in [-0.2, -0.15) is 23.3 Å². The number of halogens is 5. The number of amides is 1.